The Morgan fingerprint density at radius 2 is 1.95 bits per heavy atom. The molecule has 1 heterocycles. The lowest BCUT2D eigenvalue weighted by Gasteiger charge is -2.43. The van der Waals surface area contributed by atoms with Crippen LogP contribution in [0, 0.1) is 0 Å². The number of methoxy groups -OCH3 is 1. The van der Waals surface area contributed by atoms with Gasteiger partial charge in [0.2, 0.25) is 0 Å². The van der Waals surface area contributed by atoms with Crippen molar-refractivity contribution in [3.63, 3.8) is 0 Å². The summed E-state index contributed by atoms with van der Waals surface area (Å²) < 4.78 is 28.4. The molecule has 1 aromatic rings. The number of hydrogen-bond donors (Lipinski definition) is 2. The van der Waals surface area contributed by atoms with Crippen LogP contribution in [-0.2, 0) is 21.4 Å². The minimum atomic E-state index is -3.67. The molecule has 7 nitrogen and oxygen atoms in total. The highest BCUT2D eigenvalue weighted by Crippen LogP contribution is 2.36. The molecule has 1 amide bonds. The van der Waals surface area contributed by atoms with Crippen LogP contribution in [0.2, 0.25) is 0 Å². The molecule has 0 radical (unpaired) electrons. The fraction of sp³-hybridized carbons (Fsp3) is 0.417. The first kappa shape index (κ1) is 15.8. The summed E-state index contributed by atoms with van der Waals surface area (Å²) in [6.07, 6.45) is 0. The molecule has 114 valence electrons. The predicted molar refractivity (Wildman–Crippen MR) is 76.4 cm³/mol. The second-order valence-electron chi connectivity index (χ2n) is 5.28. The largest absolute Gasteiger partial charge is 0.497 e. The topological polar surface area (TPSA) is 104 Å². The molecule has 2 N–H and O–H groups in total. The molecular weight excluding hydrogens is 297 g/mol. The van der Waals surface area contributed by atoms with E-state index < -0.39 is 27.8 Å². The molecule has 0 aromatic heterocycles. The third kappa shape index (κ3) is 2.31. The van der Waals surface area contributed by atoms with E-state index in [-0.39, 0.29) is 17.8 Å². The SMILES string of the molecule is COc1ccc(CN2C(=O)C(C)(C)S2(=O)=O)cc1B(O)O. The summed E-state index contributed by atoms with van der Waals surface area (Å²) in [6, 6.07) is 4.46. The smallest absolute Gasteiger partial charge is 0.492 e. The lowest BCUT2D eigenvalue weighted by Crippen LogP contribution is -2.66. The van der Waals surface area contributed by atoms with Crippen molar-refractivity contribution in [2.24, 2.45) is 0 Å². The van der Waals surface area contributed by atoms with E-state index >= 15 is 0 Å². The lowest BCUT2D eigenvalue weighted by atomic mass is 9.78. The van der Waals surface area contributed by atoms with E-state index in [2.05, 4.69) is 0 Å². The van der Waals surface area contributed by atoms with Crippen LogP contribution in [0.25, 0.3) is 0 Å². The van der Waals surface area contributed by atoms with Gasteiger partial charge in [0.15, 0.2) is 4.75 Å². The highest BCUT2D eigenvalue weighted by molar-refractivity contribution is 7.94. The molecule has 0 bridgehead atoms. The number of benzene rings is 1. The molecule has 1 aromatic carbocycles. The van der Waals surface area contributed by atoms with Gasteiger partial charge in [0.05, 0.1) is 13.7 Å². The zero-order valence-electron chi connectivity index (χ0n) is 11.9. The normalized spacial score (nSPS) is 19.1. The highest BCUT2D eigenvalue weighted by atomic mass is 32.2. The molecule has 0 saturated carbocycles. The van der Waals surface area contributed by atoms with E-state index in [0.29, 0.717) is 5.56 Å². The van der Waals surface area contributed by atoms with Crippen molar-refractivity contribution in [3.8, 4) is 5.75 Å². The van der Waals surface area contributed by atoms with Gasteiger partial charge in [-0.1, -0.05) is 12.1 Å². The summed E-state index contributed by atoms with van der Waals surface area (Å²) in [6.45, 7) is 2.57. The number of rotatable bonds is 4. The minimum absolute atomic E-state index is 0.111. The fourth-order valence-corrected chi connectivity index (χ4v) is 3.68. The highest BCUT2D eigenvalue weighted by Gasteiger charge is 2.59. The van der Waals surface area contributed by atoms with Crippen molar-refractivity contribution in [2.45, 2.75) is 25.1 Å². The molecule has 1 saturated heterocycles. The molecule has 1 fully saturated rings. The summed E-state index contributed by atoms with van der Waals surface area (Å²) in [5.41, 5.74) is 0.575. The van der Waals surface area contributed by atoms with Crippen molar-refractivity contribution < 1.29 is 28.0 Å². The van der Waals surface area contributed by atoms with Gasteiger partial charge in [0.1, 0.15) is 5.75 Å². The van der Waals surface area contributed by atoms with Crippen LogP contribution in [0.5, 0.6) is 5.75 Å². The fourth-order valence-electron chi connectivity index (χ4n) is 2.16. The Morgan fingerprint density at radius 1 is 1.33 bits per heavy atom. The molecule has 1 aliphatic rings. The second-order valence-corrected chi connectivity index (χ2v) is 7.69. The van der Waals surface area contributed by atoms with Crippen LogP contribution in [0.3, 0.4) is 0 Å². The standard InChI is InChI=1S/C12H16BNO6S/c1-12(2)11(15)14(21(12,18)19)7-8-4-5-10(20-3)9(6-8)13(16)17/h4-6,16-17H,7H2,1-3H3. The zero-order chi connectivity index (χ0) is 16.0. The maximum Gasteiger partial charge on any atom is 0.492 e. The maximum atomic E-state index is 12.0. The Bertz CT molecular complexity index is 685. The Morgan fingerprint density at radius 3 is 2.43 bits per heavy atom. The van der Waals surface area contributed by atoms with Gasteiger partial charge in [-0.15, -0.1) is 0 Å². The number of ether oxygens (including phenoxy) is 1. The Hall–Kier alpha value is -1.58. The minimum Gasteiger partial charge on any atom is -0.497 e. The summed E-state index contributed by atoms with van der Waals surface area (Å²) >= 11 is 0. The van der Waals surface area contributed by atoms with Gasteiger partial charge < -0.3 is 14.8 Å². The number of carbonyl (C=O) groups excluding carboxylic acids is 1. The summed E-state index contributed by atoms with van der Waals surface area (Å²) in [5, 5.41) is 18.6. The Kier molecular flexibility index (Phi) is 3.77. The molecule has 0 atom stereocenters. The van der Waals surface area contributed by atoms with Gasteiger partial charge in [-0.3, -0.25) is 4.79 Å². The molecule has 0 aliphatic carbocycles. The van der Waals surface area contributed by atoms with Crippen molar-refractivity contribution in [2.75, 3.05) is 7.11 Å². The number of amides is 1. The summed E-state index contributed by atoms with van der Waals surface area (Å²) in [5.74, 6) is -0.212. The zero-order valence-corrected chi connectivity index (χ0v) is 12.7. The number of sulfonamides is 1. The first-order chi connectivity index (χ1) is 9.62. The molecule has 0 spiro atoms. The van der Waals surface area contributed by atoms with Crippen molar-refractivity contribution in [3.05, 3.63) is 23.8 Å². The second kappa shape index (κ2) is 5.01. The number of nitrogens with zero attached hydrogens (tertiary/aromatic N) is 1. The van der Waals surface area contributed by atoms with E-state index in [1.807, 2.05) is 0 Å². The van der Waals surface area contributed by atoms with Gasteiger partial charge in [-0.05, 0) is 25.5 Å². The number of carbonyl (C=O) groups is 1. The van der Waals surface area contributed by atoms with Gasteiger partial charge >= 0.3 is 7.12 Å². The number of hydrogen-bond acceptors (Lipinski definition) is 6. The molecule has 0 unspecified atom stereocenters. The predicted octanol–water partition coefficient (Wildman–Crippen LogP) is -1.17. The van der Waals surface area contributed by atoms with E-state index in [4.69, 9.17) is 4.74 Å². The quantitative estimate of drug-likeness (QED) is 0.679. The monoisotopic (exact) mass is 313 g/mol. The first-order valence-electron chi connectivity index (χ1n) is 6.22. The summed E-state index contributed by atoms with van der Waals surface area (Å²) in [4.78, 5) is 11.9. The van der Waals surface area contributed by atoms with Crippen LogP contribution in [-0.4, -0.2) is 47.7 Å². The van der Waals surface area contributed by atoms with Crippen LogP contribution in [0.4, 0.5) is 0 Å². The van der Waals surface area contributed by atoms with Gasteiger partial charge in [-0.2, -0.15) is 0 Å². The lowest BCUT2D eigenvalue weighted by molar-refractivity contribution is -0.132. The average molecular weight is 313 g/mol. The molecule has 2 rings (SSSR count). The van der Waals surface area contributed by atoms with Crippen molar-refractivity contribution in [1.29, 1.82) is 0 Å². The Labute approximate surface area is 123 Å². The third-order valence-electron chi connectivity index (χ3n) is 3.58. The van der Waals surface area contributed by atoms with E-state index in [0.717, 1.165) is 4.31 Å². The van der Waals surface area contributed by atoms with E-state index in [1.165, 1.54) is 33.1 Å². The van der Waals surface area contributed by atoms with Crippen LogP contribution in [0.15, 0.2) is 18.2 Å². The first-order valence-corrected chi connectivity index (χ1v) is 7.66. The van der Waals surface area contributed by atoms with E-state index in [1.54, 1.807) is 6.07 Å². The Balaban J connectivity index is 2.30. The van der Waals surface area contributed by atoms with Gasteiger partial charge in [-0.25, -0.2) is 12.7 Å². The average Bonchev–Trinajstić information content (AvgIpc) is 2.43. The molecule has 21 heavy (non-hydrogen) atoms. The van der Waals surface area contributed by atoms with Crippen molar-refractivity contribution in [1.82, 2.24) is 4.31 Å². The summed E-state index contributed by atoms with van der Waals surface area (Å²) in [7, 11) is -4.04. The molecular formula is C12H16BNO6S. The van der Waals surface area contributed by atoms with Gasteiger partial charge in [0, 0.05) is 5.46 Å². The maximum absolute atomic E-state index is 12.0. The molecule has 1 aliphatic heterocycles. The van der Waals surface area contributed by atoms with Crippen LogP contribution >= 0.6 is 0 Å². The van der Waals surface area contributed by atoms with Gasteiger partial charge in [0.25, 0.3) is 15.9 Å². The van der Waals surface area contributed by atoms with Crippen LogP contribution in [0.1, 0.15) is 19.4 Å². The van der Waals surface area contributed by atoms with Crippen molar-refractivity contribution >= 4 is 28.5 Å². The van der Waals surface area contributed by atoms with E-state index in [9.17, 15) is 23.3 Å². The third-order valence-corrected chi connectivity index (χ3v) is 5.91. The van der Waals surface area contributed by atoms with Crippen LogP contribution < -0.4 is 10.2 Å². The molecule has 9 heteroatoms.